The average Bonchev–Trinajstić information content (AvgIpc) is 2.72. The minimum absolute atomic E-state index is 0.0462. The number of pyridine rings is 1. The number of nitrogen functional groups attached to an aromatic ring is 1. The van der Waals surface area contributed by atoms with Gasteiger partial charge in [-0.25, -0.2) is 4.98 Å². The number of aromatic nitrogens is 1. The molecule has 0 amide bonds. The molecule has 0 fully saturated rings. The van der Waals surface area contributed by atoms with Gasteiger partial charge in [0, 0.05) is 11.1 Å². The van der Waals surface area contributed by atoms with E-state index in [2.05, 4.69) is 11.1 Å². The van der Waals surface area contributed by atoms with Crippen molar-refractivity contribution in [1.82, 2.24) is 4.98 Å². The van der Waals surface area contributed by atoms with Gasteiger partial charge in [-0.05, 0) is 35.2 Å². The van der Waals surface area contributed by atoms with E-state index in [-0.39, 0.29) is 39.7 Å². The average molecular weight is 406 g/mol. The van der Waals surface area contributed by atoms with E-state index in [4.69, 9.17) is 5.73 Å². The van der Waals surface area contributed by atoms with Gasteiger partial charge in [0.1, 0.15) is 23.5 Å². The Bertz CT molecular complexity index is 1180. The Morgan fingerprint density at radius 2 is 1.57 bits per heavy atom. The maximum atomic E-state index is 12.9. The number of nitrogens with two attached hydrogens (primary N) is 1. The molecule has 1 heterocycles. The number of hydrogen-bond acceptors (Lipinski definition) is 4. The zero-order valence-corrected chi connectivity index (χ0v) is 16.2. The van der Waals surface area contributed by atoms with Gasteiger partial charge in [-0.15, -0.1) is 0 Å². The molecule has 0 spiro atoms. The molecule has 0 saturated carbocycles. The van der Waals surface area contributed by atoms with Crippen LogP contribution in [0.3, 0.4) is 0 Å². The highest BCUT2D eigenvalue weighted by atomic mass is 19.4. The zero-order chi connectivity index (χ0) is 22.1. The monoisotopic (exact) mass is 406 g/mol. The van der Waals surface area contributed by atoms with Crippen LogP contribution in [0.2, 0.25) is 0 Å². The molecule has 30 heavy (non-hydrogen) atoms. The van der Waals surface area contributed by atoms with E-state index in [1.54, 1.807) is 6.07 Å². The van der Waals surface area contributed by atoms with Gasteiger partial charge in [-0.3, -0.25) is 0 Å². The molecule has 0 unspecified atom stereocenters. The van der Waals surface area contributed by atoms with Gasteiger partial charge in [0.2, 0.25) is 0 Å². The normalized spacial score (nSPS) is 11.2. The second kappa shape index (κ2) is 7.88. The second-order valence-electron chi connectivity index (χ2n) is 7.05. The molecule has 0 aliphatic rings. The number of benzene rings is 2. The van der Waals surface area contributed by atoms with Crippen LogP contribution < -0.4 is 5.73 Å². The number of nitriles is 2. The van der Waals surface area contributed by atoms with Gasteiger partial charge in [0.25, 0.3) is 0 Å². The first kappa shape index (κ1) is 20.9. The number of hydrogen-bond donors (Lipinski definition) is 1. The molecule has 0 atom stereocenters. The maximum Gasteiger partial charge on any atom is 0.416 e. The van der Waals surface area contributed by atoms with E-state index in [1.165, 1.54) is 12.1 Å². The molecular weight excluding hydrogens is 389 g/mol. The van der Waals surface area contributed by atoms with Crippen LogP contribution in [0.5, 0.6) is 0 Å². The standard InChI is InChI=1S/C23H17F3N4/c1-13(2)15-4-3-5-16(10-15)21-18(11-27)20(19(12-28)22(29)30-21)14-6-8-17(9-7-14)23(24,25)26/h3-10,13H,1-2H3,(H2,29,30). The van der Waals surface area contributed by atoms with Gasteiger partial charge in [0.15, 0.2) is 0 Å². The fourth-order valence-corrected chi connectivity index (χ4v) is 3.19. The Balaban J connectivity index is 2.30. The molecule has 1 aromatic heterocycles. The molecule has 0 saturated heterocycles. The summed E-state index contributed by atoms with van der Waals surface area (Å²) >= 11 is 0. The molecule has 3 rings (SSSR count). The van der Waals surface area contributed by atoms with Gasteiger partial charge in [-0.2, -0.15) is 23.7 Å². The Kier molecular flexibility index (Phi) is 5.49. The second-order valence-corrected chi connectivity index (χ2v) is 7.05. The van der Waals surface area contributed by atoms with Gasteiger partial charge >= 0.3 is 6.18 Å². The van der Waals surface area contributed by atoms with Crippen molar-refractivity contribution in [3.63, 3.8) is 0 Å². The van der Waals surface area contributed by atoms with Crippen molar-refractivity contribution >= 4 is 5.82 Å². The molecule has 0 radical (unpaired) electrons. The molecule has 7 heteroatoms. The van der Waals surface area contributed by atoms with E-state index < -0.39 is 11.7 Å². The lowest BCUT2D eigenvalue weighted by Crippen LogP contribution is -2.06. The van der Waals surface area contributed by atoms with Crippen LogP contribution >= 0.6 is 0 Å². The first-order valence-corrected chi connectivity index (χ1v) is 9.09. The fourth-order valence-electron chi connectivity index (χ4n) is 3.19. The van der Waals surface area contributed by atoms with Crippen molar-refractivity contribution in [2.24, 2.45) is 0 Å². The van der Waals surface area contributed by atoms with Crippen molar-refractivity contribution < 1.29 is 13.2 Å². The van der Waals surface area contributed by atoms with Crippen LogP contribution in [0, 0.1) is 22.7 Å². The number of rotatable bonds is 3. The quantitative estimate of drug-likeness (QED) is 0.588. The van der Waals surface area contributed by atoms with Crippen LogP contribution in [-0.2, 0) is 6.18 Å². The third-order valence-electron chi connectivity index (χ3n) is 4.78. The Labute approximate surface area is 172 Å². The van der Waals surface area contributed by atoms with Crippen molar-refractivity contribution in [3.8, 4) is 34.5 Å². The van der Waals surface area contributed by atoms with Crippen LogP contribution in [0.4, 0.5) is 19.0 Å². The summed E-state index contributed by atoms with van der Waals surface area (Å²) in [7, 11) is 0. The van der Waals surface area contributed by atoms with E-state index in [0.717, 1.165) is 17.7 Å². The number of halogens is 3. The van der Waals surface area contributed by atoms with Crippen molar-refractivity contribution in [2.75, 3.05) is 5.73 Å². The summed E-state index contributed by atoms with van der Waals surface area (Å²) in [4.78, 5) is 4.28. The lowest BCUT2D eigenvalue weighted by atomic mass is 9.91. The minimum atomic E-state index is -4.49. The topological polar surface area (TPSA) is 86.5 Å². The summed E-state index contributed by atoms with van der Waals surface area (Å²) in [5.74, 6) is 0.150. The number of anilines is 1. The Morgan fingerprint density at radius 1 is 0.933 bits per heavy atom. The first-order chi connectivity index (χ1) is 14.2. The summed E-state index contributed by atoms with van der Waals surface area (Å²) in [6, 6.07) is 15.7. The molecule has 0 aliphatic carbocycles. The predicted molar refractivity (Wildman–Crippen MR) is 108 cm³/mol. The van der Waals surface area contributed by atoms with Crippen molar-refractivity contribution in [1.29, 1.82) is 10.5 Å². The summed E-state index contributed by atoms with van der Waals surface area (Å²) in [5, 5.41) is 19.5. The van der Waals surface area contributed by atoms with Crippen LogP contribution in [0.1, 0.15) is 42.0 Å². The van der Waals surface area contributed by atoms with Crippen LogP contribution in [0.15, 0.2) is 48.5 Å². The van der Waals surface area contributed by atoms with Gasteiger partial charge < -0.3 is 5.73 Å². The smallest absolute Gasteiger partial charge is 0.383 e. The number of alkyl halides is 3. The van der Waals surface area contributed by atoms with Crippen molar-refractivity contribution in [3.05, 3.63) is 70.8 Å². The van der Waals surface area contributed by atoms with Crippen LogP contribution in [0.25, 0.3) is 22.4 Å². The Hall–Kier alpha value is -3.84. The highest BCUT2D eigenvalue weighted by Gasteiger charge is 2.30. The van der Waals surface area contributed by atoms with Crippen molar-refractivity contribution in [2.45, 2.75) is 25.9 Å². The lowest BCUT2D eigenvalue weighted by molar-refractivity contribution is -0.137. The SMILES string of the molecule is CC(C)c1cccc(-c2nc(N)c(C#N)c(-c3ccc(C(F)(F)F)cc3)c2C#N)c1. The minimum Gasteiger partial charge on any atom is -0.383 e. The Morgan fingerprint density at radius 3 is 2.10 bits per heavy atom. The molecule has 2 aromatic carbocycles. The van der Waals surface area contributed by atoms with E-state index in [1.807, 2.05) is 38.1 Å². The molecule has 0 aliphatic heterocycles. The van der Waals surface area contributed by atoms with E-state index in [9.17, 15) is 23.7 Å². The third-order valence-corrected chi connectivity index (χ3v) is 4.78. The predicted octanol–water partition coefficient (Wildman–Crippen LogP) is 5.88. The summed E-state index contributed by atoms with van der Waals surface area (Å²) in [6.45, 7) is 4.05. The number of nitrogens with zero attached hydrogens (tertiary/aromatic N) is 3. The molecular formula is C23H17F3N4. The lowest BCUT2D eigenvalue weighted by Gasteiger charge is -2.15. The first-order valence-electron chi connectivity index (χ1n) is 9.09. The van der Waals surface area contributed by atoms with E-state index in [0.29, 0.717) is 5.56 Å². The highest BCUT2D eigenvalue weighted by molar-refractivity contribution is 5.87. The molecule has 4 nitrogen and oxygen atoms in total. The third kappa shape index (κ3) is 3.83. The summed E-state index contributed by atoms with van der Waals surface area (Å²) < 4.78 is 38.8. The molecule has 150 valence electrons. The molecule has 0 bridgehead atoms. The van der Waals surface area contributed by atoms with Gasteiger partial charge in [0.05, 0.1) is 16.8 Å². The fraction of sp³-hybridized carbons (Fsp3) is 0.174. The highest BCUT2D eigenvalue weighted by Crippen LogP contribution is 2.38. The van der Waals surface area contributed by atoms with Crippen LogP contribution in [-0.4, -0.2) is 4.98 Å². The summed E-state index contributed by atoms with van der Waals surface area (Å²) in [6.07, 6.45) is -4.49. The largest absolute Gasteiger partial charge is 0.416 e. The molecule has 3 aromatic rings. The summed E-state index contributed by atoms with van der Waals surface area (Å²) in [5.41, 5.74) is 7.63. The molecule has 2 N–H and O–H groups in total. The van der Waals surface area contributed by atoms with Gasteiger partial charge in [-0.1, -0.05) is 44.2 Å². The zero-order valence-electron chi connectivity index (χ0n) is 16.2. The maximum absolute atomic E-state index is 12.9. The van der Waals surface area contributed by atoms with E-state index >= 15 is 0 Å².